The Kier molecular flexibility index (Phi) is 10.8. The number of ketones is 1. The average Bonchev–Trinajstić information content (AvgIpc) is 2.52. The zero-order valence-electron chi connectivity index (χ0n) is 16.5. The normalized spacial score (nSPS) is 16.4. The Morgan fingerprint density at radius 3 is 2.33 bits per heavy atom. The second-order valence-electron chi connectivity index (χ2n) is 7.18. The lowest BCUT2D eigenvalue weighted by atomic mass is 9.86. The van der Waals surface area contributed by atoms with Crippen LogP contribution in [0.5, 0.6) is 0 Å². The van der Waals surface area contributed by atoms with E-state index in [-0.39, 0.29) is 23.7 Å². The topological polar surface area (TPSA) is 62.1 Å². The molecular formula is C19H36N2O3. The first-order valence-corrected chi connectivity index (χ1v) is 8.83. The molecule has 0 aliphatic rings. The Morgan fingerprint density at radius 2 is 1.88 bits per heavy atom. The molecule has 140 valence electrons. The summed E-state index contributed by atoms with van der Waals surface area (Å²) < 4.78 is 0. The predicted octanol–water partition coefficient (Wildman–Crippen LogP) is 3.28. The second-order valence-corrected chi connectivity index (χ2v) is 7.18. The van der Waals surface area contributed by atoms with E-state index in [4.69, 9.17) is 4.84 Å². The van der Waals surface area contributed by atoms with Gasteiger partial charge in [0.05, 0.1) is 17.9 Å². The van der Waals surface area contributed by atoms with E-state index in [1.807, 2.05) is 53.5 Å². The van der Waals surface area contributed by atoms with Gasteiger partial charge in [0.1, 0.15) is 6.61 Å². The molecule has 0 fully saturated rings. The summed E-state index contributed by atoms with van der Waals surface area (Å²) in [7, 11) is 1.90. The summed E-state index contributed by atoms with van der Waals surface area (Å²) >= 11 is 0. The van der Waals surface area contributed by atoms with Crippen LogP contribution in [0.15, 0.2) is 17.8 Å². The van der Waals surface area contributed by atoms with Gasteiger partial charge in [-0.25, -0.2) is 0 Å². The van der Waals surface area contributed by atoms with E-state index in [0.717, 1.165) is 18.6 Å². The number of aliphatic hydroxyl groups excluding tert-OH is 1. The molecule has 0 heterocycles. The maximum atomic E-state index is 12.6. The van der Waals surface area contributed by atoms with Gasteiger partial charge in [-0.2, -0.15) is 0 Å². The van der Waals surface area contributed by atoms with Gasteiger partial charge in [0.2, 0.25) is 0 Å². The van der Waals surface area contributed by atoms with Crippen molar-refractivity contribution in [1.82, 2.24) is 4.90 Å². The fourth-order valence-corrected chi connectivity index (χ4v) is 2.44. The number of aliphatic hydroxyl groups is 1. The molecule has 0 saturated heterocycles. The highest BCUT2D eigenvalue weighted by molar-refractivity contribution is 5.86. The zero-order chi connectivity index (χ0) is 18.9. The van der Waals surface area contributed by atoms with Crippen molar-refractivity contribution in [3.05, 3.63) is 12.7 Å². The molecule has 5 nitrogen and oxygen atoms in total. The highest BCUT2D eigenvalue weighted by atomic mass is 16.6. The van der Waals surface area contributed by atoms with Gasteiger partial charge < -0.3 is 9.94 Å². The first-order valence-electron chi connectivity index (χ1n) is 8.83. The summed E-state index contributed by atoms with van der Waals surface area (Å²) in [5.74, 6) is -0.0256. The number of carbonyl (C=O) groups is 1. The smallest absolute Gasteiger partial charge is 0.155 e. The van der Waals surface area contributed by atoms with Crippen molar-refractivity contribution in [3.8, 4) is 0 Å². The third-order valence-corrected chi connectivity index (χ3v) is 4.39. The SMILES string of the molecule is C=CCO/N=C(\C)CC[C@@H](C)[C@@H](O)[C@@H](C(=O)C(C)C)N(C)C(C)C. The van der Waals surface area contributed by atoms with E-state index in [2.05, 4.69) is 11.7 Å². The standard InChI is InChI=1S/C19H36N2O3/c1-9-12-24-20-16(7)11-10-15(6)19(23)17(18(22)13(2)3)21(8)14(4)5/h9,13-15,17,19,23H,1,10-12H2,2-8H3/b20-16+/t15-,17-,19-/m1/s1. The molecule has 0 saturated carbocycles. The van der Waals surface area contributed by atoms with Gasteiger partial charge in [-0.15, -0.1) is 0 Å². The van der Waals surface area contributed by atoms with Crippen molar-refractivity contribution >= 4 is 11.5 Å². The largest absolute Gasteiger partial charge is 0.392 e. The molecule has 0 amide bonds. The molecule has 0 aromatic rings. The first kappa shape index (κ1) is 22.8. The minimum atomic E-state index is -0.700. The van der Waals surface area contributed by atoms with Gasteiger partial charge in [0.25, 0.3) is 0 Å². The highest BCUT2D eigenvalue weighted by Crippen LogP contribution is 2.21. The Balaban J connectivity index is 4.89. The third kappa shape index (κ3) is 7.58. The molecule has 0 unspecified atom stereocenters. The van der Waals surface area contributed by atoms with Gasteiger partial charge in [-0.05, 0) is 46.6 Å². The van der Waals surface area contributed by atoms with E-state index in [1.165, 1.54) is 0 Å². The predicted molar refractivity (Wildman–Crippen MR) is 100 cm³/mol. The van der Waals surface area contributed by atoms with Gasteiger partial charge >= 0.3 is 0 Å². The zero-order valence-corrected chi connectivity index (χ0v) is 16.5. The van der Waals surface area contributed by atoms with Crippen LogP contribution in [-0.4, -0.2) is 53.3 Å². The summed E-state index contributed by atoms with van der Waals surface area (Å²) in [5.41, 5.74) is 0.875. The molecule has 0 bridgehead atoms. The van der Waals surface area contributed by atoms with Crippen LogP contribution in [0.1, 0.15) is 54.4 Å². The third-order valence-electron chi connectivity index (χ3n) is 4.39. The summed E-state index contributed by atoms with van der Waals surface area (Å²) in [6.45, 7) is 15.7. The molecule has 0 spiro atoms. The number of rotatable bonds is 12. The van der Waals surface area contributed by atoms with Crippen molar-refractivity contribution in [2.75, 3.05) is 13.7 Å². The average molecular weight is 341 g/mol. The number of oxime groups is 1. The van der Waals surface area contributed by atoms with Crippen LogP contribution < -0.4 is 0 Å². The second kappa shape index (κ2) is 11.4. The lowest BCUT2D eigenvalue weighted by Crippen LogP contribution is -2.53. The van der Waals surface area contributed by atoms with Crippen molar-refractivity contribution in [2.24, 2.45) is 17.0 Å². The minimum absolute atomic E-state index is 0.0107. The number of likely N-dealkylation sites (N-methyl/N-ethyl adjacent to an activating group) is 1. The molecule has 0 rings (SSSR count). The summed E-state index contributed by atoms with van der Waals surface area (Å²) in [6.07, 6.45) is 2.42. The number of hydrogen-bond acceptors (Lipinski definition) is 5. The molecule has 1 N–H and O–H groups in total. The minimum Gasteiger partial charge on any atom is -0.392 e. The molecule has 0 aliphatic heterocycles. The maximum absolute atomic E-state index is 12.6. The number of carbonyl (C=O) groups excluding carboxylic acids is 1. The van der Waals surface area contributed by atoms with Crippen LogP contribution in [-0.2, 0) is 9.63 Å². The molecule has 0 aromatic heterocycles. The molecule has 24 heavy (non-hydrogen) atoms. The van der Waals surface area contributed by atoms with Crippen molar-refractivity contribution in [2.45, 2.75) is 72.6 Å². The summed E-state index contributed by atoms with van der Waals surface area (Å²) in [5, 5.41) is 14.8. The first-order chi connectivity index (χ1) is 11.1. The quantitative estimate of drug-likeness (QED) is 0.256. The fraction of sp³-hybridized carbons (Fsp3) is 0.789. The monoisotopic (exact) mass is 340 g/mol. The van der Waals surface area contributed by atoms with Crippen molar-refractivity contribution < 1.29 is 14.7 Å². The fourth-order valence-electron chi connectivity index (χ4n) is 2.44. The van der Waals surface area contributed by atoms with Gasteiger partial charge in [-0.1, -0.05) is 38.6 Å². The molecule has 0 radical (unpaired) electrons. The van der Waals surface area contributed by atoms with E-state index >= 15 is 0 Å². The molecule has 5 heteroatoms. The van der Waals surface area contributed by atoms with E-state index in [9.17, 15) is 9.90 Å². The molecular weight excluding hydrogens is 304 g/mol. The van der Waals surface area contributed by atoms with Gasteiger partial charge in [0, 0.05) is 12.0 Å². The molecule has 3 atom stereocenters. The number of Topliss-reactive ketones (excluding diaryl/α,β-unsaturated/α-hetero) is 1. The number of hydrogen-bond donors (Lipinski definition) is 1. The van der Waals surface area contributed by atoms with Gasteiger partial charge in [-0.3, -0.25) is 9.69 Å². The lowest BCUT2D eigenvalue weighted by molar-refractivity contribution is -0.133. The van der Waals surface area contributed by atoms with Crippen LogP contribution in [0.4, 0.5) is 0 Å². The Morgan fingerprint density at radius 1 is 1.29 bits per heavy atom. The maximum Gasteiger partial charge on any atom is 0.155 e. The van der Waals surface area contributed by atoms with Crippen LogP contribution in [0.25, 0.3) is 0 Å². The van der Waals surface area contributed by atoms with Crippen molar-refractivity contribution in [3.63, 3.8) is 0 Å². The van der Waals surface area contributed by atoms with Crippen molar-refractivity contribution in [1.29, 1.82) is 0 Å². The summed E-state index contributed by atoms with van der Waals surface area (Å²) in [4.78, 5) is 19.6. The van der Waals surface area contributed by atoms with Crippen LogP contribution in [0.2, 0.25) is 0 Å². The Labute approximate surface area is 147 Å². The van der Waals surface area contributed by atoms with Crippen LogP contribution in [0.3, 0.4) is 0 Å². The highest BCUT2D eigenvalue weighted by Gasteiger charge is 2.35. The molecule has 0 aromatic carbocycles. The van der Waals surface area contributed by atoms with E-state index in [0.29, 0.717) is 6.61 Å². The Bertz CT molecular complexity index is 419. The lowest BCUT2D eigenvalue weighted by Gasteiger charge is -2.37. The number of nitrogens with zero attached hydrogens (tertiary/aromatic N) is 2. The summed E-state index contributed by atoms with van der Waals surface area (Å²) in [6, 6.07) is -0.288. The molecule has 0 aliphatic carbocycles. The Hall–Kier alpha value is -1.20. The van der Waals surface area contributed by atoms with Crippen LogP contribution >= 0.6 is 0 Å². The van der Waals surface area contributed by atoms with Gasteiger partial charge in [0.15, 0.2) is 5.78 Å². The van der Waals surface area contributed by atoms with E-state index in [1.54, 1.807) is 6.08 Å². The van der Waals surface area contributed by atoms with E-state index < -0.39 is 12.1 Å². The van der Waals surface area contributed by atoms with Crippen LogP contribution in [0, 0.1) is 11.8 Å².